The van der Waals surface area contributed by atoms with Crippen LogP contribution in [-0.2, 0) is 9.53 Å². The lowest BCUT2D eigenvalue weighted by Crippen LogP contribution is -2.47. The van der Waals surface area contributed by atoms with Crippen LogP contribution in [0.3, 0.4) is 0 Å². The summed E-state index contributed by atoms with van der Waals surface area (Å²) in [6.07, 6.45) is 1.42. The molecule has 1 aromatic carbocycles. The van der Waals surface area contributed by atoms with Crippen LogP contribution < -0.4 is 5.32 Å². The van der Waals surface area contributed by atoms with Gasteiger partial charge in [-0.25, -0.2) is 4.39 Å². The summed E-state index contributed by atoms with van der Waals surface area (Å²) in [5, 5.41) is 3.27. The number of nitrogens with one attached hydrogen (secondary N) is 1. The van der Waals surface area contributed by atoms with Crippen molar-refractivity contribution in [2.24, 2.45) is 5.92 Å². The van der Waals surface area contributed by atoms with Crippen molar-refractivity contribution in [3.05, 3.63) is 35.6 Å². The van der Waals surface area contributed by atoms with Crippen LogP contribution in [0.5, 0.6) is 0 Å². The Morgan fingerprint density at radius 2 is 2.05 bits per heavy atom. The second kappa shape index (κ2) is 6.54. The molecule has 2 fully saturated rings. The highest BCUT2D eigenvalue weighted by Gasteiger charge is 2.31. The minimum absolute atomic E-state index is 0.102. The predicted molar refractivity (Wildman–Crippen MR) is 77.3 cm³/mol. The molecule has 0 bridgehead atoms. The van der Waals surface area contributed by atoms with Gasteiger partial charge < -0.3 is 15.0 Å². The summed E-state index contributed by atoms with van der Waals surface area (Å²) in [7, 11) is 0. The molecule has 2 aliphatic rings. The van der Waals surface area contributed by atoms with Crippen molar-refractivity contribution in [3.63, 3.8) is 0 Å². The quantitative estimate of drug-likeness (QED) is 0.902. The molecule has 1 aromatic rings. The second-order valence-electron chi connectivity index (χ2n) is 5.69. The number of hydrogen-bond acceptors (Lipinski definition) is 3. The van der Waals surface area contributed by atoms with Gasteiger partial charge in [0.15, 0.2) is 0 Å². The molecule has 4 nitrogen and oxygen atoms in total. The number of halogens is 1. The highest BCUT2D eigenvalue weighted by Crippen LogP contribution is 2.26. The van der Waals surface area contributed by atoms with Crippen LogP contribution in [0.2, 0.25) is 0 Å². The number of ether oxygens (including phenoxy) is 1. The van der Waals surface area contributed by atoms with E-state index in [4.69, 9.17) is 4.74 Å². The molecule has 0 radical (unpaired) electrons. The fourth-order valence-electron chi connectivity index (χ4n) is 3.10. The summed E-state index contributed by atoms with van der Waals surface area (Å²) >= 11 is 0. The molecular formula is C16H21FN2O2. The van der Waals surface area contributed by atoms with Crippen molar-refractivity contribution in [3.8, 4) is 0 Å². The topological polar surface area (TPSA) is 41.6 Å². The highest BCUT2D eigenvalue weighted by atomic mass is 19.1. The number of benzene rings is 1. The SMILES string of the molecule is O=C(C1CCNCC1)N1CCO[C@H](c2ccccc2F)C1. The predicted octanol–water partition coefficient (Wildman–Crippen LogP) is 1.73. The lowest BCUT2D eigenvalue weighted by Gasteiger charge is -2.36. The molecule has 1 atom stereocenters. The van der Waals surface area contributed by atoms with Gasteiger partial charge in [0.1, 0.15) is 11.9 Å². The van der Waals surface area contributed by atoms with Gasteiger partial charge in [0.05, 0.1) is 13.2 Å². The summed E-state index contributed by atoms with van der Waals surface area (Å²) < 4.78 is 19.5. The first kappa shape index (κ1) is 14.5. The number of carbonyl (C=O) groups excluding carboxylic acids is 1. The van der Waals surface area contributed by atoms with Crippen molar-refractivity contribution in [2.45, 2.75) is 18.9 Å². The van der Waals surface area contributed by atoms with Gasteiger partial charge in [-0.15, -0.1) is 0 Å². The van der Waals surface area contributed by atoms with E-state index < -0.39 is 0 Å². The van der Waals surface area contributed by atoms with Crippen LogP contribution in [0.4, 0.5) is 4.39 Å². The molecule has 0 aromatic heterocycles. The van der Waals surface area contributed by atoms with Gasteiger partial charge in [-0.2, -0.15) is 0 Å². The smallest absolute Gasteiger partial charge is 0.225 e. The molecule has 2 heterocycles. The van der Waals surface area contributed by atoms with E-state index in [9.17, 15) is 9.18 Å². The van der Waals surface area contributed by atoms with E-state index in [2.05, 4.69) is 5.32 Å². The van der Waals surface area contributed by atoms with Gasteiger partial charge in [-0.1, -0.05) is 18.2 Å². The Morgan fingerprint density at radius 3 is 2.81 bits per heavy atom. The van der Waals surface area contributed by atoms with E-state index in [0.29, 0.717) is 25.3 Å². The largest absolute Gasteiger partial charge is 0.370 e. The number of rotatable bonds is 2. The average Bonchev–Trinajstić information content (AvgIpc) is 2.55. The molecule has 0 unspecified atom stereocenters. The molecule has 1 N–H and O–H groups in total. The van der Waals surface area contributed by atoms with Crippen LogP contribution in [0, 0.1) is 11.7 Å². The van der Waals surface area contributed by atoms with Crippen LogP contribution in [0.1, 0.15) is 24.5 Å². The molecule has 21 heavy (non-hydrogen) atoms. The zero-order valence-electron chi connectivity index (χ0n) is 12.1. The number of amides is 1. The van der Waals surface area contributed by atoms with E-state index in [-0.39, 0.29) is 23.7 Å². The zero-order chi connectivity index (χ0) is 14.7. The molecule has 1 amide bonds. The maximum Gasteiger partial charge on any atom is 0.225 e. The maximum atomic E-state index is 13.9. The zero-order valence-corrected chi connectivity index (χ0v) is 12.1. The van der Waals surface area contributed by atoms with Crippen molar-refractivity contribution in [2.75, 3.05) is 32.8 Å². The first-order chi connectivity index (χ1) is 10.3. The summed E-state index contributed by atoms with van der Waals surface area (Å²) in [5.74, 6) is 0.0328. The molecule has 0 spiro atoms. The number of nitrogens with zero attached hydrogens (tertiary/aromatic N) is 1. The van der Waals surface area contributed by atoms with Crippen molar-refractivity contribution in [1.82, 2.24) is 10.2 Å². The van der Waals surface area contributed by atoms with Gasteiger partial charge in [0.25, 0.3) is 0 Å². The number of carbonyl (C=O) groups is 1. The lowest BCUT2D eigenvalue weighted by molar-refractivity contribution is -0.144. The van der Waals surface area contributed by atoms with Crippen molar-refractivity contribution < 1.29 is 13.9 Å². The Morgan fingerprint density at radius 1 is 1.29 bits per heavy atom. The van der Waals surface area contributed by atoms with Crippen LogP contribution >= 0.6 is 0 Å². The summed E-state index contributed by atoms with van der Waals surface area (Å²) in [6.45, 7) is 3.32. The third-order valence-electron chi connectivity index (χ3n) is 4.32. The molecule has 114 valence electrons. The lowest BCUT2D eigenvalue weighted by atomic mass is 9.96. The van der Waals surface area contributed by atoms with Gasteiger partial charge in [-0.3, -0.25) is 4.79 Å². The Balaban J connectivity index is 1.68. The Kier molecular flexibility index (Phi) is 4.51. The summed E-state index contributed by atoms with van der Waals surface area (Å²) in [5.41, 5.74) is 0.542. The molecule has 5 heteroatoms. The second-order valence-corrected chi connectivity index (χ2v) is 5.69. The van der Waals surface area contributed by atoms with Gasteiger partial charge in [0.2, 0.25) is 5.91 Å². The molecule has 0 aliphatic carbocycles. The monoisotopic (exact) mass is 292 g/mol. The molecular weight excluding hydrogens is 271 g/mol. The number of piperidine rings is 1. The third-order valence-corrected chi connectivity index (χ3v) is 4.32. The first-order valence-electron chi connectivity index (χ1n) is 7.61. The van der Waals surface area contributed by atoms with Gasteiger partial charge in [-0.05, 0) is 32.0 Å². The van der Waals surface area contributed by atoms with Crippen LogP contribution in [0.15, 0.2) is 24.3 Å². The minimum atomic E-state index is -0.356. The third kappa shape index (κ3) is 3.24. The molecule has 2 aliphatic heterocycles. The van der Waals surface area contributed by atoms with E-state index in [1.54, 1.807) is 18.2 Å². The van der Waals surface area contributed by atoms with E-state index in [0.717, 1.165) is 25.9 Å². The maximum absolute atomic E-state index is 13.9. The average molecular weight is 292 g/mol. The van der Waals surface area contributed by atoms with Crippen LogP contribution in [0.25, 0.3) is 0 Å². The first-order valence-corrected chi connectivity index (χ1v) is 7.61. The van der Waals surface area contributed by atoms with Crippen LogP contribution in [-0.4, -0.2) is 43.6 Å². The molecule has 0 saturated carbocycles. The Bertz CT molecular complexity index is 503. The van der Waals surface area contributed by atoms with Crippen molar-refractivity contribution >= 4 is 5.91 Å². The van der Waals surface area contributed by atoms with E-state index in [1.165, 1.54) is 6.07 Å². The molecule has 3 rings (SSSR count). The molecule has 2 saturated heterocycles. The Labute approximate surface area is 124 Å². The summed E-state index contributed by atoms with van der Waals surface area (Å²) in [4.78, 5) is 14.4. The number of morpholine rings is 1. The normalized spacial score (nSPS) is 24.0. The minimum Gasteiger partial charge on any atom is -0.370 e. The fraction of sp³-hybridized carbons (Fsp3) is 0.562. The standard InChI is InChI=1S/C16H21FN2O2/c17-14-4-2-1-3-13(14)15-11-19(9-10-21-15)16(20)12-5-7-18-8-6-12/h1-4,12,15,18H,5-11H2/t15-/m0/s1. The highest BCUT2D eigenvalue weighted by molar-refractivity contribution is 5.79. The van der Waals surface area contributed by atoms with Crippen molar-refractivity contribution in [1.29, 1.82) is 0 Å². The Hall–Kier alpha value is -1.46. The van der Waals surface area contributed by atoms with Gasteiger partial charge in [0, 0.05) is 18.0 Å². The van der Waals surface area contributed by atoms with E-state index in [1.807, 2.05) is 4.90 Å². The fourth-order valence-corrected chi connectivity index (χ4v) is 3.10. The van der Waals surface area contributed by atoms with Gasteiger partial charge >= 0.3 is 0 Å². The number of hydrogen-bond donors (Lipinski definition) is 1. The van der Waals surface area contributed by atoms with E-state index >= 15 is 0 Å². The summed E-state index contributed by atoms with van der Waals surface area (Å²) in [6, 6.07) is 6.64.